The van der Waals surface area contributed by atoms with Gasteiger partial charge in [0.25, 0.3) is 0 Å². The Kier molecular flexibility index (Phi) is 11.0. The van der Waals surface area contributed by atoms with Crippen molar-refractivity contribution >= 4 is 11.8 Å². The maximum Gasteiger partial charge on any atom is 0.329 e. The third-order valence-corrected chi connectivity index (χ3v) is 4.94. The predicted molar refractivity (Wildman–Crippen MR) is 134 cm³/mol. The summed E-state index contributed by atoms with van der Waals surface area (Å²) in [6.45, 7) is 9.25. The highest BCUT2D eigenvalue weighted by Crippen LogP contribution is 2.30. The van der Waals surface area contributed by atoms with E-state index in [0.717, 1.165) is 47.7 Å². The van der Waals surface area contributed by atoms with Gasteiger partial charge in [-0.2, -0.15) is 0 Å². The van der Waals surface area contributed by atoms with Crippen molar-refractivity contribution in [3.05, 3.63) is 66.9 Å². The number of hydrogen-bond acceptors (Lipinski definition) is 5. The highest BCUT2D eigenvalue weighted by Gasteiger charge is 2.17. The molecule has 176 valence electrons. The van der Waals surface area contributed by atoms with E-state index in [1.165, 1.54) is 0 Å². The zero-order valence-corrected chi connectivity index (χ0v) is 20.1. The van der Waals surface area contributed by atoms with Crippen molar-refractivity contribution in [2.24, 2.45) is 0 Å². The first-order chi connectivity index (χ1) is 16.1. The van der Waals surface area contributed by atoms with Gasteiger partial charge in [-0.1, -0.05) is 74.5 Å². The second-order valence-corrected chi connectivity index (χ2v) is 7.60. The first-order valence-corrected chi connectivity index (χ1v) is 11.6. The molecule has 3 aromatic rings. The van der Waals surface area contributed by atoms with Gasteiger partial charge in [-0.3, -0.25) is 4.98 Å². The number of rotatable bonds is 11. The molecule has 3 rings (SSSR count). The van der Waals surface area contributed by atoms with Gasteiger partial charge in [0.1, 0.15) is 12.4 Å². The lowest BCUT2D eigenvalue weighted by Crippen LogP contribution is -2.33. The summed E-state index contributed by atoms with van der Waals surface area (Å²) < 4.78 is 5.14. The summed E-state index contributed by atoms with van der Waals surface area (Å²) >= 11 is 0. The molecular weight excluding hydrogens is 414 g/mol. The van der Waals surface area contributed by atoms with Crippen LogP contribution in [-0.2, 0) is 9.53 Å². The van der Waals surface area contributed by atoms with Crippen molar-refractivity contribution < 1.29 is 14.6 Å². The van der Waals surface area contributed by atoms with Crippen LogP contribution < -0.4 is 4.90 Å². The molecular formula is C27H35N3O3. The van der Waals surface area contributed by atoms with E-state index in [0.29, 0.717) is 6.61 Å². The normalized spacial score (nSPS) is 10.5. The van der Waals surface area contributed by atoms with Crippen LogP contribution >= 0.6 is 0 Å². The van der Waals surface area contributed by atoms with Crippen LogP contribution in [0, 0.1) is 0 Å². The minimum atomic E-state index is -0.939. The summed E-state index contributed by atoms with van der Waals surface area (Å²) in [5.41, 5.74) is 3.79. The summed E-state index contributed by atoms with van der Waals surface area (Å²) in [5.74, 6) is -0.106. The van der Waals surface area contributed by atoms with Crippen molar-refractivity contribution in [3.8, 4) is 22.5 Å². The molecule has 0 spiro atoms. The molecule has 0 fully saturated rings. The van der Waals surface area contributed by atoms with Gasteiger partial charge in [0.15, 0.2) is 0 Å². The average molecular weight is 450 g/mol. The zero-order chi connectivity index (χ0) is 24.1. The van der Waals surface area contributed by atoms with E-state index in [-0.39, 0.29) is 12.6 Å². The van der Waals surface area contributed by atoms with Gasteiger partial charge < -0.3 is 14.7 Å². The number of hydrogen-bond donors (Lipinski definition) is 1. The summed E-state index contributed by atoms with van der Waals surface area (Å²) in [5, 5.41) is 8.66. The van der Waals surface area contributed by atoms with Gasteiger partial charge >= 0.3 is 5.97 Å². The first-order valence-electron chi connectivity index (χ1n) is 11.6. The van der Waals surface area contributed by atoms with Gasteiger partial charge in [0.2, 0.25) is 0 Å². The summed E-state index contributed by atoms with van der Waals surface area (Å²) in [7, 11) is 0. The van der Waals surface area contributed by atoms with E-state index in [1.807, 2.05) is 68.6 Å². The SMILES string of the molecule is CC.CC(C)N(CCCCOCC(=O)O)c1cnc(-c2ccccc2)c(-c2ccccc2)n1. The molecule has 0 radical (unpaired) electrons. The molecule has 2 aromatic carbocycles. The topological polar surface area (TPSA) is 75.5 Å². The lowest BCUT2D eigenvalue weighted by atomic mass is 10.0. The van der Waals surface area contributed by atoms with E-state index in [4.69, 9.17) is 19.8 Å². The molecule has 0 aliphatic carbocycles. The summed E-state index contributed by atoms with van der Waals surface area (Å²) in [4.78, 5) is 22.6. The number of unbranched alkanes of at least 4 members (excludes halogenated alkanes) is 1. The number of anilines is 1. The van der Waals surface area contributed by atoms with Crippen molar-refractivity contribution in [2.45, 2.75) is 46.6 Å². The minimum Gasteiger partial charge on any atom is -0.480 e. The zero-order valence-electron chi connectivity index (χ0n) is 20.1. The lowest BCUT2D eigenvalue weighted by Gasteiger charge is -2.28. The Morgan fingerprint density at radius 2 is 1.52 bits per heavy atom. The number of nitrogens with zero attached hydrogens (tertiary/aromatic N) is 3. The van der Waals surface area contributed by atoms with Gasteiger partial charge in [0, 0.05) is 30.3 Å². The number of benzene rings is 2. The van der Waals surface area contributed by atoms with E-state index < -0.39 is 5.97 Å². The molecule has 0 atom stereocenters. The fourth-order valence-electron chi connectivity index (χ4n) is 3.41. The molecule has 1 aromatic heterocycles. The molecule has 33 heavy (non-hydrogen) atoms. The van der Waals surface area contributed by atoms with Crippen molar-refractivity contribution in [1.29, 1.82) is 0 Å². The van der Waals surface area contributed by atoms with Crippen LogP contribution in [0.5, 0.6) is 0 Å². The molecule has 6 heteroatoms. The number of aromatic nitrogens is 2. The Hall–Kier alpha value is -3.25. The van der Waals surface area contributed by atoms with E-state index in [9.17, 15) is 4.79 Å². The standard InChI is InChI=1S/C25H29N3O3.C2H6/c1-19(2)28(15-9-10-16-31-18-23(29)30)22-17-26-24(20-11-5-3-6-12-20)25(27-22)21-13-7-4-8-14-21;1-2/h3-8,11-14,17,19H,9-10,15-16,18H2,1-2H3,(H,29,30);1-2H3. The van der Waals surface area contributed by atoms with Crippen molar-refractivity contribution in [3.63, 3.8) is 0 Å². The second kappa shape index (κ2) is 14.0. The molecule has 0 saturated heterocycles. The van der Waals surface area contributed by atoms with Crippen LogP contribution in [0.25, 0.3) is 22.5 Å². The van der Waals surface area contributed by atoms with E-state index in [2.05, 4.69) is 30.9 Å². The van der Waals surface area contributed by atoms with Crippen LogP contribution in [0.1, 0.15) is 40.5 Å². The van der Waals surface area contributed by atoms with Crippen LogP contribution in [0.4, 0.5) is 5.82 Å². The minimum absolute atomic E-state index is 0.249. The van der Waals surface area contributed by atoms with Gasteiger partial charge in [-0.25, -0.2) is 9.78 Å². The predicted octanol–water partition coefficient (Wildman–Crippen LogP) is 5.93. The molecule has 6 nitrogen and oxygen atoms in total. The molecule has 0 aliphatic heterocycles. The molecule has 0 bridgehead atoms. The Morgan fingerprint density at radius 1 is 0.939 bits per heavy atom. The summed E-state index contributed by atoms with van der Waals surface area (Å²) in [6, 6.07) is 20.5. The Bertz CT molecular complexity index is 963. The lowest BCUT2D eigenvalue weighted by molar-refractivity contribution is -0.142. The van der Waals surface area contributed by atoms with Crippen LogP contribution in [-0.4, -0.2) is 46.8 Å². The van der Waals surface area contributed by atoms with Crippen LogP contribution in [0.15, 0.2) is 66.9 Å². The van der Waals surface area contributed by atoms with Crippen LogP contribution in [0.3, 0.4) is 0 Å². The molecule has 0 saturated carbocycles. The van der Waals surface area contributed by atoms with Gasteiger partial charge in [-0.15, -0.1) is 0 Å². The third-order valence-electron chi connectivity index (χ3n) is 4.94. The number of aliphatic carboxylic acids is 1. The van der Waals surface area contributed by atoms with Crippen LogP contribution in [0.2, 0.25) is 0 Å². The Morgan fingerprint density at radius 3 is 2.06 bits per heavy atom. The fraction of sp³-hybridized carbons (Fsp3) is 0.370. The highest BCUT2D eigenvalue weighted by atomic mass is 16.5. The molecule has 0 unspecified atom stereocenters. The van der Waals surface area contributed by atoms with E-state index >= 15 is 0 Å². The average Bonchev–Trinajstić information content (AvgIpc) is 2.85. The monoisotopic (exact) mass is 449 g/mol. The fourth-order valence-corrected chi connectivity index (χ4v) is 3.41. The number of carbonyl (C=O) groups is 1. The second-order valence-electron chi connectivity index (χ2n) is 7.60. The third kappa shape index (κ3) is 7.99. The largest absolute Gasteiger partial charge is 0.480 e. The molecule has 0 amide bonds. The Labute approximate surface area is 197 Å². The van der Waals surface area contributed by atoms with E-state index in [1.54, 1.807) is 0 Å². The van der Waals surface area contributed by atoms with Crippen molar-refractivity contribution in [1.82, 2.24) is 9.97 Å². The van der Waals surface area contributed by atoms with Gasteiger partial charge in [-0.05, 0) is 26.7 Å². The highest BCUT2D eigenvalue weighted by molar-refractivity contribution is 5.78. The number of carboxylic acids is 1. The number of ether oxygens (including phenoxy) is 1. The Balaban J connectivity index is 0.00000187. The summed E-state index contributed by atoms with van der Waals surface area (Å²) in [6.07, 6.45) is 3.51. The number of carboxylic acid groups (broad SMARTS) is 1. The molecule has 1 heterocycles. The first kappa shape index (κ1) is 26.0. The maximum absolute atomic E-state index is 10.5. The molecule has 1 N–H and O–H groups in total. The maximum atomic E-state index is 10.5. The van der Waals surface area contributed by atoms with Gasteiger partial charge in [0.05, 0.1) is 17.6 Å². The van der Waals surface area contributed by atoms with Crippen molar-refractivity contribution in [2.75, 3.05) is 24.7 Å². The molecule has 0 aliphatic rings. The smallest absolute Gasteiger partial charge is 0.329 e. The quantitative estimate of drug-likeness (QED) is 0.366.